The Balaban J connectivity index is 2.30. The summed E-state index contributed by atoms with van der Waals surface area (Å²) in [4.78, 5) is 9.46. The highest BCUT2D eigenvalue weighted by molar-refractivity contribution is 5.27. The number of nitrogens with zero attached hydrogens (tertiary/aromatic N) is 2. The second-order valence-electron chi connectivity index (χ2n) is 4.91. The molecule has 0 amide bonds. The summed E-state index contributed by atoms with van der Waals surface area (Å²) in [5, 5.41) is 0. The van der Waals surface area contributed by atoms with Crippen LogP contribution in [0, 0.1) is 5.92 Å². The first kappa shape index (κ1) is 12.5. The highest BCUT2D eigenvalue weighted by atomic mass is 14.9. The summed E-state index contributed by atoms with van der Waals surface area (Å²) < 4.78 is 0. The van der Waals surface area contributed by atoms with E-state index in [0.717, 1.165) is 37.4 Å². The second-order valence-corrected chi connectivity index (χ2v) is 4.91. The summed E-state index contributed by atoms with van der Waals surface area (Å²) >= 11 is 0. The molecule has 1 fully saturated rings. The molecule has 17 heavy (non-hydrogen) atoms. The second kappa shape index (κ2) is 5.58. The quantitative estimate of drug-likeness (QED) is 0.818. The van der Waals surface area contributed by atoms with Crippen LogP contribution in [-0.2, 0) is 25.7 Å². The summed E-state index contributed by atoms with van der Waals surface area (Å²) in [7, 11) is 0. The maximum atomic E-state index is 5.68. The predicted octanol–water partition coefficient (Wildman–Crippen LogP) is 2.06. The van der Waals surface area contributed by atoms with Crippen LogP contribution in [0.1, 0.15) is 49.5 Å². The molecule has 0 spiro atoms. The molecule has 1 aliphatic carbocycles. The fourth-order valence-electron chi connectivity index (χ4n) is 2.33. The first-order chi connectivity index (χ1) is 8.28. The molecule has 1 heterocycles. The van der Waals surface area contributed by atoms with E-state index in [4.69, 9.17) is 15.7 Å². The van der Waals surface area contributed by atoms with Crippen LogP contribution in [0.2, 0.25) is 0 Å². The van der Waals surface area contributed by atoms with Crippen LogP contribution in [-0.4, -0.2) is 16.5 Å². The molecule has 0 aliphatic heterocycles. The topological polar surface area (TPSA) is 51.8 Å². The molecule has 0 atom stereocenters. The van der Waals surface area contributed by atoms with Gasteiger partial charge in [0.1, 0.15) is 5.82 Å². The van der Waals surface area contributed by atoms with Gasteiger partial charge in [0, 0.05) is 17.8 Å². The van der Waals surface area contributed by atoms with Crippen molar-refractivity contribution >= 4 is 0 Å². The van der Waals surface area contributed by atoms with E-state index in [0.29, 0.717) is 6.54 Å². The fourth-order valence-corrected chi connectivity index (χ4v) is 2.33. The molecule has 2 N–H and O–H groups in total. The number of aromatic nitrogens is 2. The van der Waals surface area contributed by atoms with Crippen molar-refractivity contribution < 1.29 is 0 Å². The van der Waals surface area contributed by atoms with Crippen molar-refractivity contribution in [3.63, 3.8) is 0 Å². The maximum absolute atomic E-state index is 5.68. The summed E-state index contributed by atoms with van der Waals surface area (Å²) in [5.74, 6) is 1.91. The Hall–Kier alpha value is -0.960. The SMILES string of the molecule is CCc1nc(CC2CC2)nc(CC)c1CCN. The fraction of sp³-hybridized carbons (Fsp3) is 0.714. The first-order valence-electron chi connectivity index (χ1n) is 6.86. The first-order valence-corrected chi connectivity index (χ1v) is 6.86. The molecule has 94 valence electrons. The van der Waals surface area contributed by atoms with Crippen molar-refractivity contribution in [2.24, 2.45) is 11.7 Å². The molecule has 0 saturated heterocycles. The molecule has 1 aromatic rings. The predicted molar refractivity (Wildman–Crippen MR) is 70.0 cm³/mol. The lowest BCUT2D eigenvalue weighted by molar-refractivity contribution is 0.728. The molecule has 0 unspecified atom stereocenters. The van der Waals surface area contributed by atoms with E-state index in [1.54, 1.807) is 0 Å². The van der Waals surface area contributed by atoms with Crippen LogP contribution in [0.4, 0.5) is 0 Å². The number of nitrogens with two attached hydrogens (primary N) is 1. The highest BCUT2D eigenvalue weighted by Crippen LogP contribution is 2.32. The monoisotopic (exact) mass is 233 g/mol. The lowest BCUT2D eigenvalue weighted by atomic mass is 10.0. The number of hydrogen-bond acceptors (Lipinski definition) is 3. The Morgan fingerprint density at radius 1 is 1.12 bits per heavy atom. The molecule has 0 aromatic carbocycles. The molecular weight excluding hydrogens is 210 g/mol. The zero-order chi connectivity index (χ0) is 12.3. The van der Waals surface area contributed by atoms with Crippen LogP contribution >= 0.6 is 0 Å². The standard InChI is InChI=1S/C14H23N3/c1-3-12-11(7-8-15)13(4-2)17-14(16-12)9-10-5-6-10/h10H,3-9,15H2,1-2H3. The Kier molecular flexibility index (Phi) is 4.11. The van der Waals surface area contributed by atoms with Crippen molar-refractivity contribution in [3.8, 4) is 0 Å². The number of rotatable bonds is 6. The van der Waals surface area contributed by atoms with Gasteiger partial charge < -0.3 is 5.73 Å². The van der Waals surface area contributed by atoms with E-state index in [-0.39, 0.29) is 0 Å². The van der Waals surface area contributed by atoms with Gasteiger partial charge in [0.05, 0.1) is 0 Å². The van der Waals surface area contributed by atoms with Gasteiger partial charge in [0.15, 0.2) is 0 Å². The van der Waals surface area contributed by atoms with Gasteiger partial charge in [-0.2, -0.15) is 0 Å². The molecule has 3 nitrogen and oxygen atoms in total. The summed E-state index contributed by atoms with van der Waals surface area (Å²) in [6.07, 6.45) is 6.68. The van der Waals surface area contributed by atoms with E-state index in [9.17, 15) is 0 Å². The molecule has 0 bridgehead atoms. The van der Waals surface area contributed by atoms with Gasteiger partial charge in [-0.1, -0.05) is 13.8 Å². The molecular formula is C14H23N3. The normalized spacial score (nSPS) is 15.2. The third-order valence-corrected chi connectivity index (χ3v) is 3.46. The van der Waals surface area contributed by atoms with Crippen molar-refractivity contribution in [1.29, 1.82) is 0 Å². The van der Waals surface area contributed by atoms with Gasteiger partial charge in [-0.25, -0.2) is 9.97 Å². The Labute approximate surface area is 104 Å². The average molecular weight is 233 g/mol. The van der Waals surface area contributed by atoms with Crippen molar-refractivity contribution in [2.45, 2.75) is 52.4 Å². The molecule has 1 saturated carbocycles. The van der Waals surface area contributed by atoms with E-state index in [2.05, 4.69) is 13.8 Å². The van der Waals surface area contributed by atoms with Crippen LogP contribution in [0.3, 0.4) is 0 Å². The average Bonchev–Trinajstić information content (AvgIpc) is 3.14. The van der Waals surface area contributed by atoms with Crippen LogP contribution in [0.5, 0.6) is 0 Å². The van der Waals surface area contributed by atoms with E-state index in [1.165, 1.54) is 29.8 Å². The van der Waals surface area contributed by atoms with Gasteiger partial charge in [0.25, 0.3) is 0 Å². The smallest absolute Gasteiger partial charge is 0.129 e. The molecule has 2 rings (SSSR count). The Morgan fingerprint density at radius 2 is 1.71 bits per heavy atom. The number of hydrogen-bond donors (Lipinski definition) is 1. The van der Waals surface area contributed by atoms with Gasteiger partial charge >= 0.3 is 0 Å². The van der Waals surface area contributed by atoms with Gasteiger partial charge in [-0.15, -0.1) is 0 Å². The van der Waals surface area contributed by atoms with E-state index < -0.39 is 0 Å². The van der Waals surface area contributed by atoms with Crippen molar-refractivity contribution in [1.82, 2.24) is 9.97 Å². The van der Waals surface area contributed by atoms with Gasteiger partial charge in [-0.05, 0) is 50.1 Å². The molecule has 3 heteroatoms. The van der Waals surface area contributed by atoms with Gasteiger partial charge in [-0.3, -0.25) is 0 Å². The van der Waals surface area contributed by atoms with Crippen LogP contribution in [0.15, 0.2) is 0 Å². The summed E-state index contributed by atoms with van der Waals surface area (Å²) in [5.41, 5.74) is 9.42. The van der Waals surface area contributed by atoms with Crippen molar-refractivity contribution in [3.05, 3.63) is 22.8 Å². The highest BCUT2D eigenvalue weighted by Gasteiger charge is 2.23. The Bertz CT molecular complexity index is 358. The minimum Gasteiger partial charge on any atom is -0.330 e. The Morgan fingerprint density at radius 3 is 2.12 bits per heavy atom. The van der Waals surface area contributed by atoms with Crippen LogP contribution in [0.25, 0.3) is 0 Å². The van der Waals surface area contributed by atoms with Gasteiger partial charge in [0.2, 0.25) is 0 Å². The molecule has 1 aromatic heterocycles. The number of aryl methyl sites for hydroxylation is 2. The third kappa shape index (κ3) is 3.03. The third-order valence-electron chi connectivity index (χ3n) is 3.46. The van der Waals surface area contributed by atoms with E-state index >= 15 is 0 Å². The summed E-state index contributed by atoms with van der Waals surface area (Å²) in [6.45, 7) is 5.02. The van der Waals surface area contributed by atoms with Crippen LogP contribution < -0.4 is 5.73 Å². The minimum atomic E-state index is 0.686. The summed E-state index contributed by atoms with van der Waals surface area (Å²) in [6, 6.07) is 0. The molecule has 0 radical (unpaired) electrons. The van der Waals surface area contributed by atoms with E-state index in [1.807, 2.05) is 0 Å². The lowest BCUT2D eigenvalue weighted by Gasteiger charge is -2.13. The molecule has 1 aliphatic rings. The maximum Gasteiger partial charge on any atom is 0.129 e. The lowest BCUT2D eigenvalue weighted by Crippen LogP contribution is -2.13. The van der Waals surface area contributed by atoms with Crippen molar-refractivity contribution in [2.75, 3.05) is 6.54 Å². The minimum absolute atomic E-state index is 0.686. The zero-order valence-electron chi connectivity index (χ0n) is 11.0. The zero-order valence-corrected chi connectivity index (χ0v) is 11.0. The largest absolute Gasteiger partial charge is 0.330 e.